The van der Waals surface area contributed by atoms with E-state index in [9.17, 15) is 4.39 Å². The first-order chi connectivity index (χ1) is 9.22. The van der Waals surface area contributed by atoms with Crippen LogP contribution in [0.25, 0.3) is 0 Å². The van der Waals surface area contributed by atoms with Crippen LogP contribution < -0.4 is 5.32 Å². The van der Waals surface area contributed by atoms with E-state index in [2.05, 4.69) is 29.6 Å². The average molecular weight is 276 g/mol. The summed E-state index contributed by atoms with van der Waals surface area (Å²) in [4.78, 5) is 0. The van der Waals surface area contributed by atoms with E-state index in [1.165, 1.54) is 30.0 Å². The second-order valence-corrected chi connectivity index (χ2v) is 5.41. The van der Waals surface area contributed by atoms with E-state index in [4.69, 9.17) is 11.6 Å². The summed E-state index contributed by atoms with van der Waals surface area (Å²) in [5.41, 5.74) is 3.37. The lowest BCUT2D eigenvalue weighted by Crippen LogP contribution is -1.99. The van der Waals surface area contributed by atoms with Gasteiger partial charge in [0.05, 0.1) is 5.02 Å². The highest BCUT2D eigenvalue weighted by Gasteiger charge is 2.22. The minimum absolute atomic E-state index is 0.152. The van der Waals surface area contributed by atoms with Gasteiger partial charge in [-0.3, -0.25) is 0 Å². The number of rotatable bonds is 4. The summed E-state index contributed by atoms with van der Waals surface area (Å²) in [6.45, 7) is 0.687. The molecule has 1 N–H and O–H groups in total. The number of benzene rings is 2. The van der Waals surface area contributed by atoms with Crippen LogP contribution in [-0.4, -0.2) is 0 Å². The molecule has 1 fully saturated rings. The molecule has 1 aliphatic rings. The van der Waals surface area contributed by atoms with Gasteiger partial charge in [0.15, 0.2) is 0 Å². The SMILES string of the molecule is Fc1cc(NCc2ccc(C3CC3)cc2)ccc1Cl. The number of halogens is 2. The maximum absolute atomic E-state index is 13.3. The van der Waals surface area contributed by atoms with E-state index < -0.39 is 5.82 Å². The van der Waals surface area contributed by atoms with E-state index in [0.717, 1.165) is 11.6 Å². The summed E-state index contributed by atoms with van der Waals surface area (Å²) in [6.07, 6.45) is 2.64. The largest absolute Gasteiger partial charge is 0.381 e. The van der Waals surface area contributed by atoms with E-state index >= 15 is 0 Å². The summed E-state index contributed by atoms with van der Waals surface area (Å²) in [7, 11) is 0. The van der Waals surface area contributed by atoms with Crippen LogP contribution in [0.4, 0.5) is 10.1 Å². The molecule has 0 atom stereocenters. The highest BCUT2D eigenvalue weighted by molar-refractivity contribution is 6.30. The van der Waals surface area contributed by atoms with Crippen LogP contribution in [0, 0.1) is 5.82 Å². The Hall–Kier alpha value is -1.54. The van der Waals surface area contributed by atoms with E-state index in [0.29, 0.717) is 6.54 Å². The molecule has 0 spiro atoms. The van der Waals surface area contributed by atoms with E-state index in [1.54, 1.807) is 12.1 Å². The molecule has 0 bridgehead atoms. The summed E-state index contributed by atoms with van der Waals surface area (Å²) < 4.78 is 13.3. The summed E-state index contributed by atoms with van der Waals surface area (Å²) >= 11 is 5.65. The molecule has 0 aromatic heterocycles. The van der Waals surface area contributed by atoms with Crippen LogP contribution in [0.1, 0.15) is 29.9 Å². The first kappa shape index (κ1) is 12.5. The Kier molecular flexibility index (Phi) is 3.43. The molecule has 0 aliphatic heterocycles. The van der Waals surface area contributed by atoms with Crippen molar-refractivity contribution >= 4 is 17.3 Å². The molecule has 19 heavy (non-hydrogen) atoms. The summed E-state index contributed by atoms with van der Waals surface area (Å²) in [6, 6.07) is 13.4. The fourth-order valence-corrected chi connectivity index (χ4v) is 2.25. The predicted molar refractivity (Wildman–Crippen MR) is 77.2 cm³/mol. The molecule has 0 unspecified atom stereocenters. The van der Waals surface area contributed by atoms with Crippen molar-refractivity contribution in [2.24, 2.45) is 0 Å². The van der Waals surface area contributed by atoms with Gasteiger partial charge >= 0.3 is 0 Å². The number of hydrogen-bond acceptors (Lipinski definition) is 1. The smallest absolute Gasteiger partial charge is 0.143 e. The van der Waals surface area contributed by atoms with Gasteiger partial charge in [-0.05, 0) is 48.1 Å². The quantitative estimate of drug-likeness (QED) is 0.831. The molecule has 2 aromatic carbocycles. The van der Waals surface area contributed by atoms with Crippen LogP contribution in [0.3, 0.4) is 0 Å². The molecule has 3 rings (SSSR count). The van der Waals surface area contributed by atoms with Gasteiger partial charge in [0.2, 0.25) is 0 Å². The summed E-state index contributed by atoms with van der Waals surface area (Å²) in [5.74, 6) is 0.392. The molecule has 3 heteroatoms. The van der Waals surface area contributed by atoms with Gasteiger partial charge in [-0.15, -0.1) is 0 Å². The zero-order valence-corrected chi connectivity index (χ0v) is 11.3. The first-order valence-corrected chi connectivity index (χ1v) is 6.88. The van der Waals surface area contributed by atoms with E-state index in [1.807, 2.05) is 0 Å². The molecule has 2 aromatic rings. The maximum atomic E-state index is 13.3. The van der Waals surface area contributed by atoms with Crippen LogP contribution in [0.5, 0.6) is 0 Å². The molecule has 1 nitrogen and oxygen atoms in total. The number of hydrogen-bond donors (Lipinski definition) is 1. The molecular formula is C16H15ClFN. The Bertz CT molecular complexity index is 576. The molecule has 1 aliphatic carbocycles. The molecule has 1 saturated carbocycles. The summed E-state index contributed by atoms with van der Waals surface area (Å²) in [5, 5.41) is 3.35. The van der Waals surface area contributed by atoms with Crippen molar-refractivity contribution in [2.45, 2.75) is 25.3 Å². The van der Waals surface area contributed by atoms with Gasteiger partial charge in [-0.1, -0.05) is 35.9 Å². The second kappa shape index (κ2) is 5.22. The third-order valence-electron chi connectivity index (χ3n) is 3.44. The van der Waals surface area contributed by atoms with Gasteiger partial charge < -0.3 is 5.32 Å². The Morgan fingerprint density at radius 2 is 1.84 bits per heavy atom. The van der Waals surface area contributed by atoms with E-state index in [-0.39, 0.29) is 5.02 Å². The topological polar surface area (TPSA) is 12.0 Å². The monoisotopic (exact) mass is 275 g/mol. The van der Waals surface area contributed by atoms with Crippen molar-refractivity contribution in [3.05, 3.63) is 64.4 Å². The fraction of sp³-hybridized carbons (Fsp3) is 0.250. The minimum Gasteiger partial charge on any atom is -0.381 e. The first-order valence-electron chi connectivity index (χ1n) is 6.50. The van der Waals surface area contributed by atoms with Crippen LogP contribution in [0.15, 0.2) is 42.5 Å². The van der Waals surface area contributed by atoms with Crippen molar-refractivity contribution in [3.8, 4) is 0 Å². The minimum atomic E-state index is -0.393. The number of anilines is 1. The molecular weight excluding hydrogens is 261 g/mol. The third kappa shape index (κ3) is 3.07. The molecule has 0 saturated heterocycles. The van der Waals surface area contributed by atoms with Crippen LogP contribution in [-0.2, 0) is 6.54 Å². The van der Waals surface area contributed by atoms with Gasteiger partial charge in [-0.25, -0.2) is 4.39 Å². The lowest BCUT2D eigenvalue weighted by atomic mass is 10.1. The van der Waals surface area contributed by atoms with Gasteiger partial charge in [0.1, 0.15) is 5.82 Å². The lowest BCUT2D eigenvalue weighted by Gasteiger charge is -2.08. The number of nitrogens with one attached hydrogen (secondary N) is 1. The zero-order chi connectivity index (χ0) is 13.2. The van der Waals surface area contributed by atoms with Gasteiger partial charge in [-0.2, -0.15) is 0 Å². The van der Waals surface area contributed by atoms with Crippen molar-refractivity contribution in [2.75, 3.05) is 5.32 Å². The third-order valence-corrected chi connectivity index (χ3v) is 3.75. The Balaban J connectivity index is 1.63. The highest BCUT2D eigenvalue weighted by Crippen LogP contribution is 2.39. The van der Waals surface area contributed by atoms with Crippen molar-refractivity contribution in [1.29, 1.82) is 0 Å². The molecule has 0 amide bonds. The molecule has 0 heterocycles. The van der Waals surface area contributed by atoms with Crippen LogP contribution in [0.2, 0.25) is 5.02 Å². The van der Waals surface area contributed by atoms with Crippen LogP contribution >= 0.6 is 11.6 Å². The highest BCUT2D eigenvalue weighted by atomic mass is 35.5. The predicted octanol–water partition coefficient (Wildman–Crippen LogP) is 4.97. The standard InChI is InChI=1S/C16H15ClFN/c17-15-8-7-14(9-16(15)18)19-10-11-1-3-12(4-2-11)13-5-6-13/h1-4,7-9,13,19H,5-6,10H2. The van der Waals surface area contributed by atoms with Crippen molar-refractivity contribution in [3.63, 3.8) is 0 Å². The Morgan fingerprint density at radius 3 is 2.47 bits per heavy atom. The average Bonchev–Trinajstić information content (AvgIpc) is 3.25. The maximum Gasteiger partial charge on any atom is 0.143 e. The fourth-order valence-electron chi connectivity index (χ4n) is 2.13. The normalized spacial score (nSPS) is 14.4. The second-order valence-electron chi connectivity index (χ2n) is 5.00. The molecule has 98 valence electrons. The van der Waals surface area contributed by atoms with Crippen molar-refractivity contribution < 1.29 is 4.39 Å². The lowest BCUT2D eigenvalue weighted by molar-refractivity contribution is 0.628. The molecule has 0 radical (unpaired) electrons. The Labute approximate surface area is 117 Å². The van der Waals surface area contributed by atoms with Crippen molar-refractivity contribution in [1.82, 2.24) is 0 Å². The van der Waals surface area contributed by atoms with Gasteiger partial charge in [0.25, 0.3) is 0 Å². The Morgan fingerprint density at radius 1 is 1.11 bits per heavy atom. The van der Waals surface area contributed by atoms with Gasteiger partial charge in [0, 0.05) is 12.2 Å². The zero-order valence-electron chi connectivity index (χ0n) is 10.5.